The van der Waals surface area contributed by atoms with E-state index in [1.807, 2.05) is 20.8 Å². The quantitative estimate of drug-likeness (QED) is 0.797. The van der Waals surface area contributed by atoms with Gasteiger partial charge in [0.2, 0.25) is 5.91 Å². The maximum Gasteiger partial charge on any atom is 0.237 e. The molecule has 112 valence electrons. The highest BCUT2D eigenvalue weighted by Gasteiger charge is 2.27. The van der Waals surface area contributed by atoms with Gasteiger partial charge in [0, 0.05) is 13.1 Å². The van der Waals surface area contributed by atoms with Crippen molar-refractivity contribution in [2.24, 2.45) is 17.1 Å². The van der Waals surface area contributed by atoms with Crippen LogP contribution in [0.4, 0.5) is 0 Å². The molecule has 3 N–H and O–H groups in total. The van der Waals surface area contributed by atoms with E-state index in [4.69, 9.17) is 5.73 Å². The molecule has 1 rings (SSSR count). The predicted molar refractivity (Wildman–Crippen MR) is 79.9 cm³/mol. The molecule has 1 heterocycles. The molecule has 0 aliphatic carbocycles. The molecule has 0 radical (unpaired) electrons. The highest BCUT2D eigenvalue weighted by atomic mass is 16.2. The van der Waals surface area contributed by atoms with E-state index in [1.54, 1.807) is 0 Å². The highest BCUT2D eigenvalue weighted by molar-refractivity contribution is 5.82. The Morgan fingerprint density at radius 3 is 2.37 bits per heavy atom. The smallest absolute Gasteiger partial charge is 0.237 e. The minimum Gasteiger partial charge on any atom is -0.354 e. The van der Waals surface area contributed by atoms with Crippen LogP contribution < -0.4 is 11.1 Å². The van der Waals surface area contributed by atoms with Gasteiger partial charge in [-0.25, -0.2) is 0 Å². The molecule has 0 spiro atoms. The number of hydrogen-bond donors (Lipinski definition) is 2. The van der Waals surface area contributed by atoms with E-state index in [1.165, 1.54) is 32.4 Å². The topological polar surface area (TPSA) is 58.4 Å². The lowest BCUT2D eigenvalue weighted by Gasteiger charge is -2.30. The van der Waals surface area contributed by atoms with Crippen LogP contribution in [0.2, 0.25) is 0 Å². The second-order valence-corrected chi connectivity index (χ2v) is 7.06. The summed E-state index contributed by atoms with van der Waals surface area (Å²) < 4.78 is 0. The van der Waals surface area contributed by atoms with Gasteiger partial charge in [0.05, 0.1) is 6.04 Å². The largest absolute Gasteiger partial charge is 0.354 e. The molecule has 1 fully saturated rings. The molecule has 1 aliphatic rings. The summed E-state index contributed by atoms with van der Waals surface area (Å²) in [6, 6.07) is -0.435. The molecule has 4 nitrogen and oxygen atoms in total. The number of nitrogens with zero attached hydrogens (tertiary/aromatic N) is 1. The first kappa shape index (κ1) is 16.4. The van der Waals surface area contributed by atoms with E-state index >= 15 is 0 Å². The van der Waals surface area contributed by atoms with Crippen LogP contribution in [0.3, 0.4) is 0 Å². The van der Waals surface area contributed by atoms with Crippen molar-refractivity contribution in [3.8, 4) is 0 Å². The van der Waals surface area contributed by atoms with Crippen molar-refractivity contribution in [1.29, 1.82) is 0 Å². The van der Waals surface area contributed by atoms with E-state index in [9.17, 15) is 4.79 Å². The molecule has 0 aromatic heterocycles. The van der Waals surface area contributed by atoms with Gasteiger partial charge in [-0.15, -0.1) is 0 Å². The molecule has 1 aliphatic heterocycles. The third kappa shape index (κ3) is 5.91. The zero-order valence-corrected chi connectivity index (χ0v) is 13.0. The molecule has 19 heavy (non-hydrogen) atoms. The first-order valence-corrected chi connectivity index (χ1v) is 7.56. The van der Waals surface area contributed by atoms with Crippen molar-refractivity contribution in [2.75, 3.05) is 26.2 Å². The number of piperidine rings is 1. The van der Waals surface area contributed by atoms with E-state index < -0.39 is 6.04 Å². The number of carbonyl (C=O) groups is 1. The molecule has 2 atom stereocenters. The van der Waals surface area contributed by atoms with Gasteiger partial charge in [-0.3, -0.25) is 4.79 Å². The standard InChI is InChI=1S/C15H31N3O/c1-12(11-18-8-6-5-7-9-18)10-17-14(19)13(16)15(2,3)4/h12-13H,5-11,16H2,1-4H3,(H,17,19). The summed E-state index contributed by atoms with van der Waals surface area (Å²) in [5.74, 6) is 0.451. The number of carbonyl (C=O) groups excluding carboxylic acids is 1. The van der Waals surface area contributed by atoms with Crippen LogP contribution in [0.25, 0.3) is 0 Å². The first-order chi connectivity index (χ1) is 8.80. The van der Waals surface area contributed by atoms with Crippen molar-refractivity contribution >= 4 is 5.91 Å². The average molecular weight is 269 g/mol. The van der Waals surface area contributed by atoms with Crippen LogP contribution >= 0.6 is 0 Å². The molecule has 0 saturated carbocycles. The normalized spacial score (nSPS) is 20.9. The predicted octanol–water partition coefficient (Wildman–Crippen LogP) is 1.60. The fourth-order valence-corrected chi connectivity index (χ4v) is 2.43. The van der Waals surface area contributed by atoms with E-state index in [2.05, 4.69) is 17.1 Å². The Labute approximate surface area is 118 Å². The Hall–Kier alpha value is -0.610. The molecule has 1 amide bonds. The van der Waals surface area contributed by atoms with E-state index in [0.717, 1.165) is 13.1 Å². The number of nitrogens with two attached hydrogens (primary N) is 1. The van der Waals surface area contributed by atoms with E-state index in [-0.39, 0.29) is 11.3 Å². The minimum absolute atomic E-state index is 0.0296. The van der Waals surface area contributed by atoms with Crippen molar-refractivity contribution in [2.45, 2.75) is 53.0 Å². The second kappa shape index (κ2) is 7.25. The maximum absolute atomic E-state index is 11.9. The van der Waals surface area contributed by atoms with Crippen molar-refractivity contribution in [3.63, 3.8) is 0 Å². The maximum atomic E-state index is 11.9. The number of rotatable bonds is 5. The SMILES string of the molecule is CC(CNC(=O)C(N)C(C)(C)C)CN1CCCCC1. The molecule has 0 aromatic rings. The highest BCUT2D eigenvalue weighted by Crippen LogP contribution is 2.17. The Balaban J connectivity index is 2.25. The van der Waals surface area contributed by atoms with Crippen LogP contribution in [-0.4, -0.2) is 43.0 Å². The van der Waals surface area contributed by atoms with Gasteiger partial charge in [0.25, 0.3) is 0 Å². The summed E-state index contributed by atoms with van der Waals surface area (Å²) in [5.41, 5.74) is 5.76. The number of hydrogen-bond acceptors (Lipinski definition) is 3. The van der Waals surface area contributed by atoms with E-state index in [0.29, 0.717) is 5.92 Å². The summed E-state index contributed by atoms with van der Waals surface area (Å²) in [7, 11) is 0. The van der Waals surface area contributed by atoms with Gasteiger partial charge in [-0.05, 0) is 37.3 Å². The fourth-order valence-electron chi connectivity index (χ4n) is 2.43. The zero-order chi connectivity index (χ0) is 14.5. The molecule has 2 unspecified atom stereocenters. The number of amides is 1. The Kier molecular flexibility index (Phi) is 6.27. The van der Waals surface area contributed by atoms with Crippen LogP contribution in [0.1, 0.15) is 47.0 Å². The van der Waals surface area contributed by atoms with Crippen LogP contribution in [0, 0.1) is 11.3 Å². The van der Waals surface area contributed by atoms with Gasteiger partial charge < -0.3 is 16.0 Å². The molecular formula is C15H31N3O. The summed E-state index contributed by atoms with van der Waals surface area (Å²) in [6.07, 6.45) is 3.99. The summed E-state index contributed by atoms with van der Waals surface area (Å²) >= 11 is 0. The molecule has 4 heteroatoms. The number of nitrogens with one attached hydrogen (secondary N) is 1. The van der Waals surface area contributed by atoms with Gasteiger partial charge in [-0.1, -0.05) is 34.1 Å². The lowest BCUT2D eigenvalue weighted by atomic mass is 9.87. The second-order valence-electron chi connectivity index (χ2n) is 7.06. The Morgan fingerprint density at radius 1 is 1.26 bits per heavy atom. The third-order valence-electron chi connectivity index (χ3n) is 3.86. The zero-order valence-electron chi connectivity index (χ0n) is 13.0. The fraction of sp³-hybridized carbons (Fsp3) is 0.933. The first-order valence-electron chi connectivity index (χ1n) is 7.56. The van der Waals surface area contributed by atoms with Crippen LogP contribution in [0.5, 0.6) is 0 Å². The lowest BCUT2D eigenvalue weighted by Crippen LogP contribution is -2.50. The molecular weight excluding hydrogens is 238 g/mol. The Morgan fingerprint density at radius 2 is 1.84 bits per heavy atom. The summed E-state index contributed by atoms with van der Waals surface area (Å²) in [4.78, 5) is 14.4. The molecule has 1 saturated heterocycles. The Bertz CT molecular complexity index is 280. The van der Waals surface area contributed by atoms with Crippen LogP contribution in [0.15, 0.2) is 0 Å². The summed E-state index contributed by atoms with van der Waals surface area (Å²) in [5, 5.41) is 2.99. The summed E-state index contributed by atoms with van der Waals surface area (Å²) in [6.45, 7) is 12.4. The van der Waals surface area contributed by atoms with Crippen molar-refractivity contribution < 1.29 is 4.79 Å². The van der Waals surface area contributed by atoms with Gasteiger partial charge in [0.15, 0.2) is 0 Å². The minimum atomic E-state index is -0.435. The number of likely N-dealkylation sites (tertiary alicyclic amines) is 1. The van der Waals surface area contributed by atoms with Crippen molar-refractivity contribution in [3.05, 3.63) is 0 Å². The molecule has 0 bridgehead atoms. The van der Waals surface area contributed by atoms with Gasteiger partial charge in [0.1, 0.15) is 0 Å². The molecule has 0 aromatic carbocycles. The average Bonchev–Trinajstić information content (AvgIpc) is 2.35. The van der Waals surface area contributed by atoms with Crippen LogP contribution in [-0.2, 0) is 4.79 Å². The third-order valence-corrected chi connectivity index (χ3v) is 3.86. The van der Waals surface area contributed by atoms with Gasteiger partial charge >= 0.3 is 0 Å². The van der Waals surface area contributed by atoms with Gasteiger partial charge in [-0.2, -0.15) is 0 Å². The monoisotopic (exact) mass is 269 g/mol. The van der Waals surface area contributed by atoms with Crippen molar-refractivity contribution in [1.82, 2.24) is 10.2 Å². The lowest BCUT2D eigenvalue weighted by molar-refractivity contribution is -0.124.